The van der Waals surface area contributed by atoms with Crippen LogP contribution in [0.15, 0.2) is 47.5 Å². The lowest BCUT2D eigenvalue weighted by Crippen LogP contribution is -2.25. The molecule has 1 atom stereocenters. The summed E-state index contributed by atoms with van der Waals surface area (Å²) in [4.78, 5) is 29.5. The van der Waals surface area contributed by atoms with Crippen molar-refractivity contribution in [2.24, 2.45) is 4.99 Å². The van der Waals surface area contributed by atoms with Crippen LogP contribution in [0.5, 0.6) is 5.75 Å². The highest BCUT2D eigenvalue weighted by Crippen LogP contribution is 2.34. The van der Waals surface area contributed by atoms with Gasteiger partial charge in [-0.05, 0) is 71.4 Å². The molecule has 1 amide bonds. The van der Waals surface area contributed by atoms with Gasteiger partial charge in [0, 0.05) is 35.7 Å². The number of rotatable bonds is 15. The summed E-state index contributed by atoms with van der Waals surface area (Å²) in [7, 11) is 0. The Morgan fingerprint density at radius 3 is 2.40 bits per heavy atom. The van der Waals surface area contributed by atoms with Crippen LogP contribution in [0.1, 0.15) is 75.8 Å². The van der Waals surface area contributed by atoms with Crippen molar-refractivity contribution >= 4 is 29.2 Å². The maximum atomic E-state index is 12.7. The van der Waals surface area contributed by atoms with Crippen molar-refractivity contribution in [1.82, 2.24) is 20.1 Å². The average molecular weight is 640 g/mol. The Labute approximate surface area is 269 Å². The lowest BCUT2D eigenvalue weighted by atomic mass is 10.00. The molecule has 11 nitrogen and oxygen atoms in total. The van der Waals surface area contributed by atoms with Crippen molar-refractivity contribution < 1.29 is 28.5 Å². The number of hydrogen-bond acceptors (Lipinski definition) is 9. The number of carbonyl (C=O) groups is 2. The zero-order chi connectivity index (χ0) is 32.4. The fourth-order valence-electron chi connectivity index (χ4n) is 4.84. The molecule has 2 aromatic carbocycles. The van der Waals surface area contributed by atoms with E-state index < -0.39 is 11.6 Å². The summed E-state index contributed by atoms with van der Waals surface area (Å²) >= 11 is 6.20. The molecule has 0 fully saturated rings. The molecule has 1 aliphatic rings. The lowest BCUT2D eigenvalue weighted by Gasteiger charge is -2.19. The van der Waals surface area contributed by atoms with Crippen LogP contribution in [0.2, 0.25) is 5.02 Å². The van der Waals surface area contributed by atoms with Gasteiger partial charge in [0.25, 0.3) is 0 Å². The SMILES string of the molecule is CCNC(=O)C[C@@H]1N=C(c2ccc(Cl)cc2)c2cc(OCCOCCOCCCC(=O)OC(C)(C)C)ccc2-n2c(C)nnc21. The standard InChI is InChI=1S/C33H42ClN5O6/c1-6-35-29(40)21-27-32-38-37-22(2)39(32)28-14-13-25(20-26(28)31(36-27)23-9-11-24(34)12-10-23)44-19-18-43-17-16-42-15-7-8-30(41)45-33(3,4)5/h9-14,20,27H,6-8,15-19,21H2,1-5H3,(H,35,40)/t27-/m0/s1. The predicted octanol–water partition coefficient (Wildman–Crippen LogP) is 5.18. The van der Waals surface area contributed by atoms with Crippen LogP contribution in [-0.4, -0.2) is 77.5 Å². The number of benzene rings is 2. The second-order valence-corrected chi connectivity index (χ2v) is 12.0. The van der Waals surface area contributed by atoms with E-state index in [2.05, 4.69) is 15.5 Å². The highest BCUT2D eigenvalue weighted by molar-refractivity contribution is 6.30. The van der Waals surface area contributed by atoms with Gasteiger partial charge in [0.1, 0.15) is 29.8 Å². The smallest absolute Gasteiger partial charge is 0.306 e. The summed E-state index contributed by atoms with van der Waals surface area (Å²) in [5.74, 6) is 1.59. The molecule has 12 heteroatoms. The minimum absolute atomic E-state index is 0.116. The van der Waals surface area contributed by atoms with Crippen LogP contribution in [0.25, 0.3) is 5.69 Å². The minimum atomic E-state index is -0.548. The van der Waals surface area contributed by atoms with Gasteiger partial charge in [0.05, 0.1) is 37.6 Å². The van der Waals surface area contributed by atoms with Crippen molar-refractivity contribution in [2.75, 3.05) is 39.6 Å². The summed E-state index contributed by atoms with van der Waals surface area (Å²) in [5.41, 5.74) is 2.73. The molecule has 0 saturated carbocycles. The minimum Gasteiger partial charge on any atom is -0.491 e. The summed E-state index contributed by atoms with van der Waals surface area (Å²) in [6, 6.07) is 12.7. The summed E-state index contributed by atoms with van der Waals surface area (Å²) in [6.45, 7) is 11.8. The first-order valence-electron chi connectivity index (χ1n) is 15.2. The molecule has 1 aromatic heterocycles. The van der Waals surface area contributed by atoms with Crippen molar-refractivity contribution in [2.45, 2.75) is 65.5 Å². The molecule has 0 bridgehead atoms. The van der Waals surface area contributed by atoms with E-state index in [0.717, 1.165) is 16.8 Å². The van der Waals surface area contributed by atoms with E-state index in [1.807, 2.05) is 81.7 Å². The maximum absolute atomic E-state index is 12.7. The lowest BCUT2D eigenvalue weighted by molar-refractivity contribution is -0.155. The fraction of sp³-hybridized carbons (Fsp3) is 0.485. The Kier molecular flexibility index (Phi) is 12.1. The molecule has 0 aliphatic carbocycles. The molecule has 45 heavy (non-hydrogen) atoms. The first kappa shape index (κ1) is 34.1. The molecular weight excluding hydrogens is 598 g/mol. The number of ether oxygens (including phenoxy) is 4. The number of aryl methyl sites for hydroxylation is 1. The third-order valence-corrected chi connectivity index (χ3v) is 6.98. The number of amides is 1. The average Bonchev–Trinajstić information content (AvgIpc) is 3.30. The quantitative estimate of drug-likeness (QED) is 0.178. The number of esters is 1. The molecule has 0 radical (unpaired) electrons. The number of nitrogens with one attached hydrogen (secondary N) is 1. The van der Waals surface area contributed by atoms with E-state index in [1.165, 1.54) is 0 Å². The zero-order valence-electron chi connectivity index (χ0n) is 26.6. The van der Waals surface area contributed by atoms with Gasteiger partial charge in [-0.3, -0.25) is 19.1 Å². The van der Waals surface area contributed by atoms with Crippen LogP contribution >= 0.6 is 11.6 Å². The van der Waals surface area contributed by atoms with Crippen molar-refractivity contribution in [3.63, 3.8) is 0 Å². The topological polar surface area (TPSA) is 126 Å². The van der Waals surface area contributed by atoms with Crippen molar-refractivity contribution in [3.05, 3.63) is 70.3 Å². The monoisotopic (exact) mass is 639 g/mol. The molecule has 1 aliphatic heterocycles. The highest BCUT2D eigenvalue weighted by atomic mass is 35.5. The van der Waals surface area contributed by atoms with Gasteiger partial charge in [0.15, 0.2) is 5.82 Å². The first-order chi connectivity index (χ1) is 21.6. The Hall–Kier alpha value is -3.80. The van der Waals surface area contributed by atoms with Crippen LogP contribution in [0.4, 0.5) is 0 Å². The summed E-state index contributed by atoms with van der Waals surface area (Å²) in [5, 5.41) is 12.2. The Morgan fingerprint density at radius 1 is 0.978 bits per heavy atom. The van der Waals surface area contributed by atoms with E-state index in [9.17, 15) is 9.59 Å². The van der Waals surface area contributed by atoms with Gasteiger partial charge in [0.2, 0.25) is 5.91 Å². The molecule has 3 aromatic rings. The fourth-order valence-corrected chi connectivity index (χ4v) is 4.96. The Morgan fingerprint density at radius 2 is 1.69 bits per heavy atom. The molecule has 242 valence electrons. The number of hydrogen-bond donors (Lipinski definition) is 1. The van der Waals surface area contributed by atoms with Gasteiger partial charge < -0.3 is 24.3 Å². The second-order valence-electron chi connectivity index (χ2n) is 11.5. The Bertz CT molecular complexity index is 1480. The predicted molar refractivity (Wildman–Crippen MR) is 171 cm³/mol. The zero-order valence-corrected chi connectivity index (χ0v) is 27.4. The van der Waals surface area contributed by atoms with E-state index in [4.69, 9.17) is 35.5 Å². The van der Waals surface area contributed by atoms with Crippen LogP contribution in [0.3, 0.4) is 0 Å². The van der Waals surface area contributed by atoms with Gasteiger partial charge in [-0.15, -0.1) is 10.2 Å². The number of aromatic nitrogens is 3. The Balaban J connectivity index is 1.39. The third-order valence-electron chi connectivity index (χ3n) is 6.73. The van der Waals surface area contributed by atoms with Gasteiger partial charge in [-0.25, -0.2) is 0 Å². The van der Waals surface area contributed by atoms with Crippen LogP contribution in [-0.2, 0) is 23.8 Å². The molecule has 4 rings (SSSR count). The summed E-state index contributed by atoms with van der Waals surface area (Å²) < 4.78 is 24.5. The van der Waals surface area contributed by atoms with E-state index in [-0.39, 0.29) is 18.3 Å². The van der Waals surface area contributed by atoms with Gasteiger partial charge in [-0.1, -0.05) is 23.7 Å². The largest absolute Gasteiger partial charge is 0.491 e. The highest BCUT2D eigenvalue weighted by Gasteiger charge is 2.30. The number of aliphatic imine (C=N–C) groups is 1. The van der Waals surface area contributed by atoms with Crippen LogP contribution in [0, 0.1) is 6.92 Å². The van der Waals surface area contributed by atoms with E-state index in [0.29, 0.717) is 80.6 Å². The maximum Gasteiger partial charge on any atom is 0.306 e. The third kappa shape index (κ3) is 9.84. The molecule has 2 heterocycles. The van der Waals surface area contributed by atoms with E-state index in [1.54, 1.807) is 0 Å². The number of carbonyl (C=O) groups excluding carboxylic acids is 2. The van der Waals surface area contributed by atoms with Crippen molar-refractivity contribution in [1.29, 1.82) is 0 Å². The molecule has 0 unspecified atom stereocenters. The number of halogens is 1. The normalized spacial score (nSPS) is 14.2. The van der Waals surface area contributed by atoms with Crippen LogP contribution < -0.4 is 10.1 Å². The molecule has 0 spiro atoms. The van der Waals surface area contributed by atoms with Crippen molar-refractivity contribution in [3.8, 4) is 11.4 Å². The molecule has 1 N–H and O–H groups in total. The van der Waals surface area contributed by atoms with E-state index >= 15 is 0 Å². The molecule has 0 saturated heterocycles. The van der Waals surface area contributed by atoms with Gasteiger partial charge >= 0.3 is 5.97 Å². The number of nitrogens with zero attached hydrogens (tertiary/aromatic N) is 4. The second kappa shape index (κ2) is 16.0. The van der Waals surface area contributed by atoms with Gasteiger partial charge in [-0.2, -0.15) is 0 Å². The summed E-state index contributed by atoms with van der Waals surface area (Å²) in [6.07, 6.45) is 1.05. The first-order valence-corrected chi connectivity index (χ1v) is 15.6. The molecular formula is C33H42ClN5O6. The number of fused-ring (bicyclic) bond motifs is 3.